The molecule has 0 bridgehead atoms. The van der Waals surface area contributed by atoms with Crippen molar-refractivity contribution in [1.29, 1.82) is 0 Å². The molecule has 2 aliphatic heterocycles. The van der Waals surface area contributed by atoms with Crippen LogP contribution in [-0.4, -0.2) is 39.0 Å². The Morgan fingerprint density at radius 3 is 0.846 bits per heavy atom. The molecule has 4 heteroatoms. The van der Waals surface area contributed by atoms with Gasteiger partial charge in [0.1, 0.15) is 0 Å². The Bertz CT molecular complexity index is 459. The van der Waals surface area contributed by atoms with Crippen molar-refractivity contribution in [2.45, 2.75) is 193 Å². The smallest absolute Gasteiger partial charge is 0.157 e. The maximum atomic E-state index is 6.10. The van der Waals surface area contributed by atoms with Crippen molar-refractivity contribution in [3.63, 3.8) is 0 Å². The zero-order chi connectivity index (χ0) is 27.7. The minimum absolute atomic E-state index is 0.0301. The van der Waals surface area contributed by atoms with Gasteiger partial charge in [0.05, 0.1) is 31.8 Å². The van der Waals surface area contributed by atoms with Crippen molar-refractivity contribution in [2.75, 3.05) is 26.4 Å². The van der Waals surface area contributed by atoms with E-state index in [1.54, 1.807) is 0 Å². The highest BCUT2D eigenvalue weighted by molar-refractivity contribution is 4.84. The monoisotopic (exact) mass is 553 g/mol. The highest BCUT2D eigenvalue weighted by Crippen LogP contribution is 2.32. The van der Waals surface area contributed by atoms with Gasteiger partial charge in [0, 0.05) is 0 Å². The van der Waals surface area contributed by atoms with E-state index < -0.39 is 0 Å². The van der Waals surface area contributed by atoms with E-state index in [4.69, 9.17) is 18.9 Å². The van der Waals surface area contributed by atoms with Crippen LogP contribution in [0.15, 0.2) is 0 Å². The topological polar surface area (TPSA) is 36.9 Å². The number of rotatable bonds is 26. The Morgan fingerprint density at radius 1 is 0.359 bits per heavy atom. The second kappa shape index (κ2) is 24.4. The van der Waals surface area contributed by atoms with Gasteiger partial charge in [0.15, 0.2) is 12.6 Å². The Balaban J connectivity index is 1.34. The highest BCUT2D eigenvalue weighted by Gasteiger charge is 2.41. The van der Waals surface area contributed by atoms with Crippen LogP contribution in [-0.2, 0) is 18.9 Å². The van der Waals surface area contributed by atoms with Crippen LogP contribution in [0.5, 0.6) is 0 Å². The summed E-state index contributed by atoms with van der Waals surface area (Å²) in [7, 11) is 0. The van der Waals surface area contributed by atoms with Gasteiger partial charge in [-0.15, -0.1) is 0 Å². The second-order valence-corrected chi connectivity index (χ2v) is 13.0. The molecule has 0 aliphatic carbocycles. The van der Waals surface area contributed by atoms with Gasteiger partial charge in [-0.25, -0.2) is 0 Å². The second-order valence-electron chi connectivity index (χ2n) is 13.0. The first-order valence-electron chi connectivity index (χ1n) is 17.7. The van der Waals surface area contributed by atoms with Crippen LogP contribution in [0.3, 0.4) is 0 Å². The van der Waals surface area contributed by atoms with Crippen molar-refractivity contribution in [2.24, 2.45) is 5.41 Å². The molecule has 0 atom stereocenters. The van der Waals surface area contributed by atoms with Crippen molar-refractivity contribution >= 4 is 0 Å². The summed E-state index contributed by atoms with van der Waals surface area (Å²) in [6, 6.07) is 0. The molecule has 39 heavy (non-hydrogen) atoms. The summed E-state index contributed by atoms with van der Waals surface area (Å²) in [5, 5.41) is 0. The van der Waals surface area contributed by atoms with E-state index in [0.29, 0.717) is 26.4 Å². The third-order valence-corrected chi connectivity index (χ3v) is 8.89. The largest absolute Gasteiger partial charge is 0.352 e. The Labute approximate surface area is 244 Å². The molecule has 0 N–H and O–H groups in total. The molecule has 0 saturated carbocycles. The van der Waals surface area contributed by atoms with Crippen molar-refractivity contribution < 1.29 is 18.9 Å². The molecule has 0 unspecified atom stereocenters. The number of hydrogen-bond donors (Lipinski definition) is 0. The van der Waals surface area contributed by atoms with Gasteiger partial charge in [-0.2, -0.15) is 0 Å². The zero-order valence-corrected chi connectivity index (χ0v) is 26.5. The van der Waals surface area contributed by atoms with Gasteiger partial charge >= 0.3 is 0 Å². The van der Waals surface area contributed by atoms with E-state index in [2.05, 4.69) is 13.8 Å². The first-order valence-corrected chi connectivity index (χ1v) is 17.7. The molecule has 2 saturated heterocycles. The third-order valence-electron chi connectivity index (χ3n) is 8.89. The van der Waals surface area contributed by atoms with Crippen LogP contribution in [0.1, 0.15) is 181 Å². The molecule has 2 fully saturated rings. The van der Waals surface area contributed by atoms with Gasteiger partial charge in [0.2, 0.25) is 0 Å². The van der Waals surface area contributed by atoms with Crippen LogP contribution in [0, 0.1) is 5.41 Å². The van der Waals surface area contributed by atoms with Crippen LogP contribution in [0.4, 0.5) is 0 Å². The van der Waals surface area contributed by atoms with E-state index in [9.17, 15) is 0 Å². The number of unbranched alkanes of at least 4 members (excludes halogenated alkanes) is 22. The lowest BCUT2D eigenvalue weighted by atomic mass is 9.90. The van der Waals surface area contributed by atoms with Gasteiger partial charge in [-0.05, 0) is 25.7 Å². The van der Waals surface area contributed by atoms with Crippen molar-refractivity contribution in [3.05, 3.63) is 0 Å². The van der Waals surface area contributed by atoms with E-state index >= 15 is 0 Å². The first kappa shape index (κ1) is 35.0. The lowest BCUT2D eigenvalue weighted by Crippen LogP contribution is -2.52. The lowest BCUT2D eigenvalue weighted by Gasteiger charge is -2.43. The van der Waals surface area contributed by atoms with Gasteiger partial charge in [-0.3, -0.25) is 0 Å². The zero-order valence-electron chi connectivity index (χ0n) is 26.5. The predicted octanol–water partition coefficient (Wildman–Crippen LogP) is 10.9. The predicted molar refractivity (Wildman–Crippen MR) is 165 cm³/mol. The minimum Gasteiger partial charge on any atom is -0.352 e. The fourth-order valence-corrected chi connectivity index (χ4v) is 6.06. The Hall–Kier alpha value is -0.160. The number of ether oxygens (including phenoxy) is 4. The maximum Gasteiger partial charge on any atom is 0.157 e. The average Bonchev–Trinajstić information content (AvgIpc) is 2.96. The first-order chi connectivity index (χ1) is 19.3. The molecule has 2 aliphatic rings. The summed E-state index contributed by atoms with van der Waals surface area (Å²) in [4.78, 5) is 0. The minimum atomic E-state index is -0.0971. The van der Waals surface area contributed by atoms with E-state index in [-0.39, 0.29) is 18.0 Å². The van der Waals surface area contributed by atoms with Crippen LogP contribution in [0.2, 0.25) is 0 Å². The summed E-state index contributed by atoms with van der Waals surface area (Å²) in [5.74, 6) is 0. The molecule has 0 aromatic carbocycles. The molecule has 0 aromatic rings. The van der Waals surface area contributed by atoms with Crippen LogP contribution < -0.4 is 0 Å². The molecule has 0 radical (unpaired) electrons. The highest BCUT2D eigenvalue weighted by atomic mass is 16.7. The summed E-state index contributed by atoms with van der Waals surface area (Å²) < 4.78 is 24.4. The molecule has 2 rings (SSSR count). The standard InChI is InChI=1S/C35H68O4/c1-3-5-7-9-11-13-15-17-19-21-23-25-27-33-36-29-35(30-37-33)31-38-34(39-32-35)28-26-24-22-20-18-16-14-12-10-8-6-4-2/h33-34H,3-32H2,1-2H3. The normalized spacial score (nSPS) is 23.5. The third kappa shape index (κ3) is 18.1. The summed E-state index contributed by atoms with van der Waals surface area (Å²) >= 11 is 0. The molecule has 0 amide bonds. The summed E-state index contributed by atoms with van der Waals surface area (Å²) in [5.41, 5.74) is -0.0971. The van der Waals surface area contributed by atoms with Crippen molar-refractivity contribution in [3.8, 4) is 0 Å². The van der Waals surface area contributed by atoms with E-state index in [0.717, 1.165) is 12.8 Å². The fraction of sp³-hybridized carbons (Fsp3) is 1.00. The maximum absolute atomic E-state index is 6.10. The van der Waals surface area contributed by atoms with Crippen LogP contribution in [0.25, 0.3) is 0 Å². The quantitative estimate of drug-likeness (QED) is 0.1000. The molecule has 1 spiro atoms. The van der Waals surface area contributed by atoms with Gasteiger partial charge in [0.25, 0.3) is 0 Å². The average molecular weight is 553 g/mol. The summed E-state index contributed by atoms with van der Waals surface area (Å²) in [6.07, 6.45) is 35.2. The van der Waals surface area contributed by atoms with Crippen LogP contribution >= 0.6 is 0 Å². The SMILES string of the molecule is CCCCCCCCCCCCCCC1OCC2(CO1)COC(CCCCCCCCCCCCCC)OC2. The van der Waals surface area contributed by atoms with Gasteiger partial charge < -0.3 is 18.9 Å². The lowest BCUT2D eigenvalue weighted by molar-refractivity contribution is -0.304. The molecule has 0 aromatic heterocycles. The molecular weight excluding hydrogens is 484 g/mol. The van der Waals surface area contributed by atoms with Gasteiger partial charge in [-0.1, -0.05) is 155 Å². The van der Waals surface area contributed by atoms with E-state index in [1.165, 1.54) is 154 Å². The number of hydrogen-bond acceptors (Lipinski definition) is 4. The fourth-order valence-electron chi connectivity index (χ4n) is 6.06. The van der Waals surface area contributed by atoms with Crippen molar-refractivity contribution in [1.82, 2.24) is 0 Å². The van der Waals surface area contributed by atoms with E-state index in [1.807, 2.05) is 0 Å². The molecule has 2 heterocycles. The Morgan fingerprint density at radius 2 is 0.590 bits per heavy atom. The molecule has 4 nitrogen and oxygen atoms in total. The molecule has 232 valence electrons. The summed E-state index contributed by atoms with van der Waals surface area (Å²) in [6.45, 7) is 7.42. The Kier molecular flexibility index (Phi) is 22.0. The molecular formula is C35H68O4.